The van der Waals surface area contributed by atoms with E-state index in [-0.39, 0.29) is 11.8 Å². The summed E-state index contributed by atoms with van der Waals surface area (Å²) in [7, 11) is 2.27. The number of piperidine rings is 2. The van der Waals surface area contributed by atoms with Gasteiger partial charge in [-0.25, -0.2) is 0 Å². The predicted molar refractivity (Wildman–Crippen MR) is 62.3 cm³/mol. The van der Waals surface area contributed by atoms with E-state index in [2.05, 4.69) is 7.05 Å². The van der Waals surface area contributed by atoms with Gasteiger partial charge >= 0.3 is 0 Å². The molecule has 2 saturated heterocycles. The van der Waals surface area contributed by atoms with Gasteiger partial charge < -0.3 is 15.5 Å². The second kappa shape index (κ2) is 5.15. The van der Waals surface area contributed by atoms with Crippen LogP contribution in [0.1, 0.15) is 25.7 Å². The van der Waals surface area contributed by atoms with Gasteiger partial charge in [-0.15, -0.1) is 0 Å². The van der Waals surface area contributed by atoms with Gasteiger partial charge in [0.1, 0.15) is 0 Å². The molecule has 4 nitrogen and oxygen atoms in total. The monoisotopic (exact) mass is 227 g/mol. The Morgan fingerprint density at radius 1 is 1.19 bits per heavy atom. The first-order valence-corrected chi connectivity index (χ1v) is 6.62. The van der Waals surface area contributed by atoms with Crippen molar-refractivity contribution in [3.8, 4) is 0 Å². The number of carbonyl (C=O) groups is 1. The Bertz CT molecular complexity index is 249. The van der Waals surface area contributed by atoms with Crippen LogP contribution < -0.4 is 15.5 Å². The standard InChI is InChI=1S/C12H23N3O/c1-14-7-4-11(5-8-14)15-6-2-3-10(9-15)12(13)16/h10-11H,2-9H2,1H3,(H2,13,16)/p+2/t10-/m0/s1. The van der Waals surface area contributed by atoms with Crippen LogP contribution in [0.2, 0.25) is 0 Å². The van der Waals surface area contributed by atoms with Crippen LogP contribution in [-0.2, 0) is 4.79 Å². The molecular formula is C12H25N3O+2. The maximum absolute atomic E-state index is 11.2. The average molecular weight is 227 g/mol. The number of amides is 1. The van der Waals surface area contributed by atoms with E-state index >= 15 is 0 Å². The lowest BCUT2D eigenvalue weighted by Gasteiger charge is -2.37. The van der Waals surface area contributed by atoms with Crippen molar-refractivity contribution in [3.05, 3.63) is 0 Å². The zero-order valence-electron chi connectivity index (χ0n) is 10.3. The molecule has 1 amide bonds. The van der Waals surface area contributed by atoms with E-state index in [1.54, 1.807) is 9.80 Å². The van der Waals surface area contributed by atoms with Crippen molar-refractivity contribution in [1.29, 1.82) is 0 Å². The molecule has 2 aliphatic heterocycles. The third kappa shape index (κ3) is 2.74. The number of carbonyl (C=O) groups excluding carboxylic acids is 1. The van der Waals surface area contributed by atoms with Crippen molar-refractivity contribution < 1.29 is 14.6 Å². The number of rotatable bonds is 2. The Morgan fingerprint density at radius 2 is 1.88 bits per heavy atom. The molecule has 0 bridgehead atoms. The molecule has 16 heavy (non-hydrogen) atoms. The highest BCUT2D eigenvalue weighted by molar-refractivity contribution is 5.76. The number of likely N-dealkylation sites (tertiary alicyclic amines) is 2. The number of nitrogens with one attached hydrogen (secondary N) is 2. The highest BCUT2D eigenvalue weighted by atomic mass is 16.1. The Balaban J connectivity index is 1.87. The number of hydrogen-bond donors (Lipinski definition) is 3. The van der Waals surface area contributed by atoms with E-state index in [0.717, 1.165) is 19.0 Å². The van der Waals surface area contributed by atoms with Gasteiger partial charge in [0, 0.05) is 12.8 Å². The number of quaternary nitrogens is 2. The molecule has 0 aromatic rings. The average Bonchev–Trinajstić information content (AvgIpc) is 2.30. The van der Waals surface area contributed by atoms with Crippen molar-refractivity contribution in [1.82, 2.24) is 0 Å². The molecule has 0 aliphatic carbocycles. The van der Waals surface area contributed by atoms with E-state index < -0.39 is 0 Å². The van der Waals surface area contributed by atoms with E-state index in [0.29, 0.717) is 0 Å². The summed E-state index contributed by atoms with van der Waals surface area (Å²) in [5.41, 5.74) is 5.42. The van der Waals surface area contributed by atoms with Gasteiger partial charge in [0.25, 0.3) is 0 Å². The third-order valence-corrected chi connectivity index (χ3v) is 4.38. The minimum absolute atomic E-state index is 0.0873. The largest absolute Gasteiger partial charge is 0.369 e. The topological polar surface area (TPSA) is 52.0 Å². The predicted octanol–water partition coefficient (Wildman–Crippen LogP) is -2.56. The maximum Gasteiger partial charge on any atom is 0.226 e. The molecule has 0 radical (unpaired) electrons. The van der Waals surface area contributed by atoms with Crippen LogP contribution in [0, 0.1) is 5.92 Å². The molecule has 92 valence electrons. The molecule has 0 saturated carbocycles. The Hall–Kier alpha value is -0.610. The summed E-state index contributed by atoms with van der Waals surface area (Å²) in [6.07, 6.45) is 4.80. The van der Waals surface area contributed by atoms with Gasteiger partial charge in [0.05, 0.1) is 45.2 Å². The summed E-state index contributed by atoms with van der Waals surface area (Å²) in [6.45, 7) is 4.80. The molecule has 4 N–H and O–H groups in total. The summed E-state index contributed by atoms with van der Waals surface area (Å²) >= 11 is 0. The molecule has 2 heterocycles. The summed E-state index contributed by atoms with van der Waals surface area (Å²) in [5, 5.41) is 0. The molecule has 4 heteroatoms. The van der Waals surface area contributed by atoms with E-state index in [1.165, 1.54) is 38.9 Å². The molecule has 2 atom stereocenters. The van der Waals surface area contributed by atoms with Crippen LogP contribution in [0.25, 0.3) is 0 Å². The number of nitrogens with two attached hydrogens (primary N) is 1. The zero-order chi connectivity index (χ0) is 11.5. The fraction of sp³-hybridized carbons (Fsp3) is 0.917. The molecule has 0 spiro atoms. The smallest absolute Gasteiger partial charge is 0.226 e. The number of primary amides is 1. The van der Waals surface area contributed by atoms with E-state index in [4.69, 9.17) is 5.73 Å². The van der Waals surface area contributed by atoms with Crippen molar-refractivity contribution in [3.63, 3.8) is 0 Å². The normalized spacial score (nSPS) is 40.6. The number of hydrogen-bond acceptors (Lipinski definition) is 1. The molecule has 0 aromatic carbocycles. The van der Waals surface area contributed by atoms with Crippen molar-refractivity contribution in [2.75, 3.05) is 33.2 Å². The Kier molecular flexibility index (Phi) is 3.82. The third-order valence-electron chi connectivity index (χ3n) is 4.38. The van der Waals surface area contributed by atoms with Crippen LogP contribution in [-0.4, -0.2) is 45.2 Å². The van der Waals surface area contributed by atoms with Crippen molar-refractivity contribution in [2.45, 2.75) is 31.7 Å². The van der Waals surface area contributed by atoms with Gasteiger partial charge in [-0.2, -0.15) is 0 Å². The minimum Gasteiger partial charge on any atom is -0.369 e. The fourth-order valence-electron chi connectivity index (χ4n) is 3.23. The second-order valence-corrected chi connectivity index (χ2v) is 5.59. The summed E-state index contributed by atoms with van der Waals surface area (Å²) < 4.78 is 0. The highest BCUT2D eigenvalue weighted by Gasteiger charge is 2.34. The van der Waals surface area contributed by atoms with Crippen molar-refractivity contribution in [2.24, 2.45) is 11.7 Å². The molecule has 2 aliphatic rings. The molecule has 2 rings (SSSR count). The fourth-order valence-corrected chi connectivity index (χ4v) is 3.23. The van der Waals surface area contributed by atoms with Crippen LogP contribution in [0.4, 0.5) is 0 Å². The Morgan fingerprint density at radius 3 is 2.50 bits per heavy atom. The maximum atomic E-state index is 11.2. The lowest BCUT2D eigenvalue weighted by atomic mass is 9.93. The summed E-state index contributed by atoms with van der Waals surface area (Å²) in [4.78, 5) is 14.5. The van der Waals surface area contributed by atoms with Crippen molar-refractivity contribution >= 4 is 5.91 Å². The van der Waals surface area contributed by atoms with E-state index in [9.17, 15) is 4.79 Å². The van der Waals surface area contributed by atoms with Crippen LogP contribution >= 0.6 is 0 Å². The summed E-state index contributed by atoms with van der Waals surface area (Å²) in [6, 6.07) is 0.783. The van der Waals surface area contributed by atoms with Gasteiger partial charge in [-0.1, -0.05) is 0 Å². The summed E-state index contributed by atoms with van der Waals surface area (Å²) in [5.74, 6) is 0.0477. The van der Waals surface area contributed by atoms with Crippen LogP contribution in [0.3, 0.4) is 0 Å². The highest BCUT2D eigenvalue weighted by Crippen LogP contribution is 2.08. The zero-order valence-corrected chi connectivity index (χ0v) is 10.3. The molecule has 1 unspecified atom stereocenters. The molecule has 0 aromatic heterocycles. The molecule has 2 fully saturated rings. The van der Waals surface area contributed by atoms with Gasteiger partial charge in [-0.3, -0.25) is 4.79 Å². The van der Waals surface area contributed by atoms with Gasteiger partial charge in [-0.05, 0) is 12.8 Å². The van der Waals surface area contributed by atoms with E-state index in [1.807, 2.05) is 0 Å². The minimum atomic E-state index is -0.0873. The Labute approximate surface area is 97.8 Å². The first kappa shape index (κ1) is 11.9. The molecular weight excluding hydrogens is 202 g/mol. The van der Waals surface area contributed by atoms with Crippen LogP contribution in [0.15, 0.2) is 0 Å². The quantitative estimate of drug-likeness (QED) is 0.478. The lowest BCUT2D eigenvalue weighted by Crippen LogP contribution is -3.20. The van der Waals surface area contributed by atoms with Gasteiger partial charge in [0.15, 0.2) is 0 Å². The lowest BCUT2D eigenvalue weighted by molar-refractivity contribution is -0.956. The first-order chi connectivity index (χ1) is 7.66. The SMILES string of the molecule is C[NH+]1CCC([NH+]2CCC[C@H](C(N)=O)C2)CC1. The van der Waals surface area contributed by atoms with Crippen LogP contribution in [0.5, 0.6) is 0 Å². The second-order valence-electron chi connectivity index (χ2n) is 5.59. The van der Waals surface area contributed by atoms with Gasteiger partial charge in [0.2, 0.25) is 5.91 Å². The first-order valence-electron chi connectivity index (χ1n) is 6.62.